The number of hydrogen-bond acceptors (Lipinski definition) is 5. The lowest BCUT2D eigenvalue weighted by Crippen LogP contribution is -2.09. The van der Waals surface area contributed by atoms with Crippen LogP contribution in [-0.4, -0.2) is 32.3 Å². The fraction of sp³-hybridized carbons (Fsp3) is 0.684. The fourth-order valence-electron chi connectivity index (χ4n) is 2.09. The largest absolute Gasteiger partial charge is 0.485 e. The molecule has 0 rings (SSSR count). The lowest BCUT2D eigenvalue weighted by Gasteiger charge is -2.10. The van der Waals surface area contributed by atoms with Crippen LogP contribution in [0.15, 0.2) is 12.3 Å². The first kappa shape index (κ1) is 22.0. The van der Waals surface area contributed by atoms with E-state index in [1.807, 2.05) is 0 Å². The van der Waals surface area contributed by atoms with Gasteiger partial charge in [0.15, 0.2) is 6.10 Å². The number of hydrogen-bond donors (Lipinski definition) is 0. The summed E-state index contributed by atoms with van der Waals surface area (Å²) < 4.78 is 14.4. The average Bonchev–Trinajstić information content (AvgIpc) is 2.60. The van der Waals surface area contributed by atoms with E-state index in [1.165, 1.54) is 65.1 Å². The number of ether oxygens (including phenoxy) is 3. The van der Waals surface area contributed by atoms with Gasteiger partial charge in [-0.05, 0) is 18.8 Å². The molecule has 0 amide bonds. The van der Waals surface area contributed by atoms with E-state index < -0.39 is 18.0 Å². The molecule has 0 saturated heterocycles. The third kappa shape index (κ3) is 13.7. The number of methoxy groups -OCH3 is 2. The topological polar surface area (TPSA) is 61.8 Å². The Hall–Kier alpha value is -1.96. The Kier molecular flexibility index (Phi) is 14.6. The third-order valence-electron chi connectivity index (χ3n) is 3.49. The molecule has 1 atom stereocenters. The Balaban J connectivity index is 4.14. The molecule has 0 spiro atoms. The summed E-state index contributed by atoms with van der Waals surface area (Å²) >= 11 is 0. The van der Waals surface area contributed by atoms with Crippen molar-refractivity contribution in [2.75, 3.05) is 14.2 Å². The summed E-state index contributed by atoms with van der Waals surface area (Å²) in [7, 11) is 2.57. The van der Waals surface area contributed by atoms with Crippen LogP contribution in [-0.2, 0) is 23.8 Å². The first-order valence-corrected chi connectivity index (χ1v) is 8.63. The van der Waals surface area contributed by atoms with E-state index in [0.717, 1.165) is 12.8 Å². The number of esters is 2. The fourth-order valence-corrected chi connectivity index (χ4v) is 2.09. The van der Waals surface area contributed by atoms with E-state index in [0.29, 0.717) is 6.42 Å². The maximum atomic E-state index is 11.1. The standard InChI is InChI=1S/C19H30O5/c1-4-5-6-7-8-9-10-11-12-17(13-14-18(20)22-2)24-16-15-19(21)23-3/h15-17H,4-12H2,1-3H3/b16-15+. The highest BCUT2D eigenvalue weighted by molar-refractivity contribution is 5.88. The highest BCUT2D eigenvalue weighted by Gasteiger charge is 2.05. The Morgan fingerprint density at radius 1 is 0.958 bits per heavy atom. The van der Waals surface area contributed by atoms with Crippen molar-refractivity contribution in [3.05, 3.63) is 12.3 Å². The molecule has 0 N–H and O–H groups in total. The molecule has 0 aliphatic carbocycles. The zero-order valence-electron chi connectivity index (χ0n) is 15.1. The molecule has 136 valence electrons. The second-order valence-corrected chi connectivity index (χ2v) is 5.48. The summed E-state index contributed by atoms with van der Waals surface area (Å²) in [6.07, 6.45) is 12.4. The van der Waals surface area contributed by atoms with Gasteiger partial charge in [-0.3, -0.25) is 0 Å². The SMILES string of the molecule is CCCCCCCCCCC(C#CC(=O)OC)O/C=C/C(=O)OC. The monoisotopic (exact) mass is 338 g/mol. The molecule has 0 radical (unpaired) electrons. The van der Waals surface area contributed by atoms with Crippen molar-refractivity contribution in [1.82, 2.24) is 0 Å². The molecule has 0 aromatic heterocycles. The molecule has 0 aromatic rings. The zero-order valence-corrected chi connectivity index (χ0v) is 15.1. The quantitative estimate of drug-likeness (QED) is 0.135. The first-order valence-electron chi connectivity index (χ1n) is 8.63. The van der Waals surface area contributed by atoms with Crippen LogP contribution in [0, 0.1) is 11.8 Å². The Morgan fingerprint density at radius 2 is 1.58 bits per heavy atom. The number of carbonyl (C=O) groups is 2. The summed E-state index contributed by atoms with van der Waals surface area (Å²) in [4.78, 5) is 22.1. The first-order chi connectivity index (χ1) is 11.6. The van der Waals surface area contributed by atoms with Crippen LogP contribution in [0.3, 0.4) is 0 Å². The van der Waals surface area contributed by atoms with Crippen molar-refractivity contribution in [3.63, 3.8) is 0 Å². The van der Waals surface area contributed by atoms with Crippen molar-refractivity contribution >= 4 is 11.9 Å². The van der Waals surface area contributed by atoms with Crippen LogP contribution in [0.5, 0.6) is 0 Å². The van der Waals surface area contributed by atoms with Crippen LogP contribution in [0.4, 0.5) is 0 Å². The van der Waals surface area contributed by atoms with E-state index in [-0.39, 0.29) is 0 Å². The van der Waals surface area contributed by atoms with Gasteiger partial charge in [-0.2, -0.15) is 0 Å². The van der Waals surface area contributed by atoms with Gasteiger partial charge in [0.05, 0.1) is 26.6 Å². The molecule has 0 aliphatic rings. The number of unbranched alkanes of at least 4 members (excludes halogenated alkanes) is 7. The van der Waals surface area contributed by atoms with Gasteiger partial charge >= 0.3 is 11.9 Å². The predicted octanol–water partition coefficient (Wildman–Crippen LogP) is 3.77. The second kappa shape index (κ2) is 15.9. The molecule has 0 saturated carbocycles. The van der Waals surface area contributed by atoms with Crippen molar-refractivity contribution < 1.29 is 23.8 Å². The van der Waals surface area contributed by atoms with E-state index in [4.69, 9.17) is 4.74 Å². The van der Waals surface area contributed by atoms with Gasteiger partial charge in [-0.25, -0.2) is 9.59 Å². The van der Waals surface area contributed by atoms with Crippen LogP contribution in [0.1, 0.15) is 64.7 Å². The van der Waals surface area contributed by atoms with Crippen LogP contribution in [0.25, 0.3) is 0 Å². The van der Waals surface area contributed by atoms with Gasteiger partial charge in [0.2, 0.25) is 0 Å². The number of rotatable bonds is 12. The number of carbonyl (C=O) groups excluding carboxylic acids is 2. The Bertz CT molecular complexity index is 431. The highest BCUT2D eigenvalue weighted by atomic mass is 16.5. The highest BCUT2D eigenvalue weighted by Crippen LogP contribution is 2.12. The second-order valence-electron chi connectivity index (χ2n) is 5.48. The molecule has 0 fully saturated rings. The van der Waals surface area contributed by atoms with Crippen molar-refractivity contribution in [2.24, 2.45) is 0 Å². The molecule has 5 nitrogen and oxygen atoms in total. The minimum Gasteiger partial charge on any atom is -0.485 e. The van der Waals surface area contributed by atoms with E-state index in [2.05, 4.69) is 28.2 Å². The zero-order chi connectivity index (χ0) is 18.0. The summed E-state index contributed by atoms with van der Waals surface area (Å²) in [6.45, 7) is 2.21. The van der Waals surface area contributed by atoms with Crippen molar-refractivity contribution in [1.29, 1.82) is 0 Å². The summed E-state index contributed by atoms with van der Waals surface area (Å²) in [6, 6.07) is 0. The van der Waals surface area contributed by atoms with Gasteiger partial charge < -0.3 is 14.2 Å². The normalized spacial score (nSPS) is 11.5. The molecule has 0 bridgehead atoms. The predicted molar refractivity (Wildman–Crippen MR) is 93.0 cm³/mol. The van der Waals surface area contributed by atoms with E-state index >= 15 is 0 Å². The molecule has 24 heavy (non-hydrogen) atoms. The molecule has 0 aliphatic heterocycles. The molecule has 0 aromatic carbocycles. The van der Waals surface area contributed by atoms with Crippen molar-refractivity contribution in [2.45, 2.75) is 70.8 Å². The molecular weight excluding hydrogens is 308 g/mol. The maximum absolute atomic E-state index is 11.1. The maximum Gasteiger partial charge on any atom is 0.384 e. The Labute approximate surface area is 145 Å². The van der Waals surface area contributed by atoms with Gasteiger partial charge in [-0.15, -0.1) is 0 Å². The van der Waals surface area contributed by atoms with Gasteiger partial charge in [0, 0.05) is 5.92 Å². The average molecular weight is 338 g/mol. The van der Waals surface area contributed by atoms with E-state index in [1.54, 1.807) is 0 Å². The summed E-state index contributed by atoms with van der Waals surface area (Å²) in [5.74, 6) is 4.01. The minimum absolute atomic E-state index is 0.440. The van der Waals surface area contributed by atoms with Gasteiger partial charge in [-0.1, -0.05) is 51.9 Å². The third-order valence-corrected chi connectivity index (χ3v) is 3.49. The minimum atomic E-state index is -0.600. The van der Waals surface area contributed by atoms with Gasteiger partial charge in [0.1, 0.15) is 0 Å². The van der Waals surface area contributed by atoms with Crippen LogP contribution >= 0.6 is 0 Å². The van der Waals surface area contributed by atoms with Crippen molar-refractivity contribution in [3.8, 4) is 11.8 Å². The Morgan fingerprint density at radius 3 is 2.17 bits per heavy atom. The molecular formula is C19H30O5. The van der Waals surface area contributed by atoms with E-state index in [9.17, 15) is 9.59 Å². The summed E-state index contributed by atoms with van der Waals surface area (Å²) in [5.41, 5.74) is 0. The molecule has 1 unspecified atom stereocenters. The van der Waals surface area contributed by atoms with Gasteiger partial charge in [0.25, 0.3) is 0 Å². The lowest BCUT2D eigenvalue weighted by atomic mass is 10.1. The summed E-state index contributed by atoms with van der Waals surface area (Å²) in [5, 5.41) is 0. The smallest absolute Gasteiger partial charge is 0.384 e. The van der Waals surface area contributed by atoms with Crippen LogP contribution in [0.2, 0.25) is 0 Å². The van der Waals surface area contributed by atoms with Crippen LogP contribution < -0.4 is 0 Å². The molecule has 5 heteroatoms. The molecule has 0 heterocycles. The lowest BCUT2D eigenvalue weighted by molar-refractivity contribution is -0.135.